The number of amidine groups is 1. The van der Waals surface area contributed by atoms with Crippen molar-refractivity contribution in [2.45, 2.75) is 0 Å². The Kier molecular flexibility index (Phi) is 4.03. The first-order chi connectivity index (χ1) is 10.2. The zero-order valence-electron chi connectivity index (χ0n) is 10.8. The third-order valence-electron chi connectivity index (χ3n) is 2.71. The SMILES string of the molecule is O=C1NC(=Nc2ccc(Cl)cc2)S/C1=C\c1ccncc1. The van der Waals surface area contributed by atoms with Crippen LogP contribution in [0.25, 0.3) is 6.08 Å². The fourth-order valence-corrected chi connectivity index (χ4v) is 2.69. The van der Waals surface area contributed by atoms with Crippen LogP contribution in [0, 0.1) is 0 Å². The predicted octanol–water partition coefficient (Wildman–Crippen LogP) is 3.63. The van der Waals surface area contributed by atoms with Gasteiger partial charge in [0.15, 0.2) is 5.17 Å². The number of rotatable bonds is 2. The van der Waals surface area contributed by atoms with E-state index < -0.39 is 0 Å². The molecule has 1 N–H and O–H groups in total. The third-order valence-corrected chi connectivity index (χ3v) is 3.87. The molecule has 1 aromatic carbocycles. The second-order valence-electron chi connectivity index (χ2n) is 4.24. The molecule has 0 radical (unpaired) electrons. The molecule has 0 spiro atoms. The van der Waals surface area contributed by atoms with E-state index in [1.165, 1.54) is 11.8 Å². The fourth-order valence-electron chi connectivity index (χ4n) is 1.72. The summed E-state index contributed by atoms with van der Waals surface area (Å²) < 4.78 is 0. The number of thioether (sulfide) groups is 1. The highest BCUT2D eigenvalue weighted by Crippen LogP contribution is 2.28. The van der Waals surface area contributed by atoms with Gasteiger partial charge in [0, 0.05) is 17.4 Å². The van der Waals surface area contributed by atoms with Gasteiger partial charge in [-0.3, -0.25) is 9.78 Å². The summed E-state index contributed by atoms with van der Waals surface area (Å²) in [6.07, 6.45) is 5.19. The van der Waals surface area contributed by atoms with E-state index in [4.69, 9.17) is 11.6 Å². The van der Waals surface area contributed by atoms with Gasteiger partial charge in [-0.25, -0.2) is 4.99 Å². The summed E-state index contributed by atoms with van der Waals surface area (Å²) in [7, 11) is 0. The van der Waals surface area contributed by atoms with Gasteiger partial charge in [0.25, 0.3) is 5.91 Å². The first-order valence-corrected chi connectivity index (χ1v) is 7.35. The van der Waals surface area contributed by atoms with Crippen molar-refractivity contribution in [2.75, 3.05) is 0 Å². The van der Waals surface area contributed by atoms with Crippen LogP contribution in [0.15, 0.2) is 58.7 Å². The molecule has 1 aromatic heterocycles. The number of nitrogens with zero attached hydrogens (tertiary/aromatic N) is 2. The van der Waals surface area contributed by atoms with Crippen LogP contribution in [-0.2, 0) is 4.79 Å². The van der Waals surface area contributed by atoms with E-state index in [0.29, 0.717) is 15.1 Å². The maximum atomic E-state index is 11.9. The first-order valence-electron chi connectivity index (χ1n) is 6.16. The Morgan fingerprint density at radius 3 is 2.57 bits per heavy atom. The number of aromatic nitrogens is 1. The minimum Gasteiger partial charge on any atom is -0.300 e. The molecule has 4 nitrogen and oxygen atoms in total. The molecule has 0 atom stereocenters. The Balaban J connectivity index is 1.81. The molecule has 0 bridgehead atoms. The first kappa shape index (κ1) is 13.9. The van der Waals surface area contributed by atoms with Crippen LogP contribution in [0.3, 0.4) is 0 Å². The van der Waals surface area contributed by atoms with E-state index in [0.717, 1.165) is 11.3 Å². The second-order valence-corrected chi connectivity index (χ2v) is 5.71. The number of hydrogen-bond acceptors (Lipinski definition) is 4. The standard InChI is InChI=1S/C15H10ClN3OS/c16-11-1-3-12(4-2-11)18-15-19-14(20)13(21-15)9-10-5-7-17-8-6-10/h1-9H,(H,18,19,20)/b13-9-. The van der Waals surface area contributed by atoms with Gasteiger partial charge in [-0.15, -0.1) is 0 Å². The van der Waals surface area contributed by atoms with Crippen molar-refractivity contribution < 1.29 is 4.79 Å². The van der Waals surface area contributed by atoms with E-state index in [1.807, 2.05) is 18.2 Å². The van der Waals surface area contributed by atoms with Crippen molar-refractivity contribution in [1.82, 2.24) is 10.3 Å². The summed E-state index contributed by atoms with van der Waals surface area (Å²) in [5.74, 6) is -0.149. The zero-order chi connectivity index (χ0) is 14.7. The van der Waals surface area contributed by atoms with E-state index >= 15 is 0 Å². The van der Waals surface area contributed by atoms with Crippen molar-refractivity contribution in [1.29, 1.82) is 0 Å². The zero-order valence-corrected chi connectivity index (χ0v) is 12.4. The number of carbonyl (C=O) groups is 1. The maximum Gasteiger partial charge on any atom is 0.264 e. The number of aliphatic imine (C=N–C) groups is 1. The molecular formula is C15H10ClN3OS. The number of amides is 1. The molecule has 104 valence electrons. The number of benzene rings is 1. The molecule has 1 saturated heterocycles. The van der Waals surface area contributed by atoms with Gasteiger partial charge in [0.2, 0.25) is 0 Å². The predicted molar refractivity (Wildman–Crippen MR) is 86.5 cm³/mol. The van der Waals surface area contributed by atoms with Crippen LogP contribution in [0.1, 0.15) is 5.56 Å². The monoisotopic (exact) mass is 315 g/mol. The summed E-state index contributed by atoms with van der Waals surface area (Å²) in [5, 5.41) is 3.96. The molecular weight excluding hydrogens is 306 g/mol. The van der Waals surface area contributed by atoms with Crippen molar-refractivity contribution >= 4 is 46.2 Å². The summed E-state index contributed by atoms with van der Waals surface area (Å²) in [6.45, 7) is 0. The van der Waals surface area contributed by atoms with Crippen LogP contribution < -0.4 is 5.32 Å². The molecule has 0 unspecified atom stereocenters. The van der Waals surface area contributed by atoms with Crippen LogP contribution in [0.4, 0.5) is 5.69 Å². The van der Waals surface area contributed by atoms with E-state index in [9.17, 15) is 4.79 Å². The Labute approximate surface area is 131 Å². The largest absolute Gasteiger partial charge is 0.300 e. The highest BCUT2D eigenvalue weighted by atomic mass is 35.5. The molecule has 3 rings (SSSR count). The molecule has 0 aliphatic carbocycles. The highest BCUT2D eigenvalue weighted by molar-refractivity contribution is 8.18. The lowest BCUT2D eigenvalue weighted by Gasteiger charge is -1.96. The molecule has 1 fully saturated rings. The average molecular weight is 316 g/mol. The number of pyridine rings is 1. The summed E-state index contributed by atoms with van der Waals surface area (Å²) in [6, 6.07) is 10.8. The molecule has 2 aromatic rings. The van der Waals surface area contributed by atoms with Gasteiger partial charge < -0.3 is 5.32 Å². The minimum absolute atomic E-state index is 0.149. The van der Waals surface area contributed by atoms with Crippen LogP contribution in [-0.4, -0.2) is 16.1 Å². The van der Waals surface area contributed by atoms with E-state index in [1.54, 1.807) is 36.7 Å². The highest BCUT2D eigenvalue weighted by Gasteiger charge is 2.23. The average Bonchev–Trinajstić information content (AvgIpc) is 2.82. The lowest BCUT2D eigenvalue weighted by molar-refractivity contribution is -0.115. The van der Waals surface area contributed by atoms with Crippen LogP contribution in [0.2, 0.25) is 5.02 Å². The summed E-state index contributed by atoms with van der Waals surface area (Å²) in [4.78, 5) is 20.8. The lowest BCUT2D eigenvalue weighted by atomic mass is 10.2. The Hall–Kier alpha value is -2.11. The normalized spacial score (nSPS) is 18.2. The third kappa shape index (κ3) is 3.51. The number of carbonyl (C=O) groups excluding carboxylic acids is 1. The molecule has 6 heteroatoms. The molecule has 1 aliphatic rings. The van der Waals surface area contributed by atoms with Gasteiger partial charge in [-0.05, 0) is 59.8 Å². The molecule has 1 aliphatic heterocycles. The molecule has 1 amide bonds. The van der Waals surface area contributed by atoms with E-state index in [2.05, 4.69) is 15.3 Å². The topological polar surface area (TPSA) is 54.4 Å². The Bertz CT molecular complexity index is 726. The number of hydrogen-bond donors (Lipinski definition) is 1. The van der Waals surface area contributed by atoms with Crippen molar-refractivity contribution in [3.05, 3.63) is 64.3 Å². The van der Waals surface area contributed by atoms with Gasteiger partial charge in [0.05, 0.1) is 10.6 Å². The Morgan fingerprint density at radius 2 is 1.86 bits per heavy atom. The fraction of sp³-hybridized carbons (Fsp3) is 0. The number of halogens is 1. The van der Waals surface area contributed by atoms with Crippen LogP contribution >= 0.6 is 23.4 Å². The maximum absolute atomic E-state index is 11.9. The smallest absolute Gasteiger partial charge is 0.264 e. The summed E-state index contributed by atoms with van der Waals surface area (Å²) in [5.41, 5.74) is 1.67. The molecule has 2 heterocycles. The summed E-state index contributed by atoms with van der Waals surface area (Å²) >= 11 is 7.14. The molecule has 0 saturated carbocycles. The van der Waals surface area contributed by atoms with Gasteiger partial charge >= 0.3 is 0 Å². The van der Waals surface area contributed by atoms with Crippen LogP contribution in [0.5, 0.6) is 0 Å². The van der Waals surface area contributed by atoms with E-state index in [-0.39, 0.29) is 5.91 Å². The van der Waals surface area contributed by atoms with Gasteiger partial charge in [-0.2, -0.15) is 0 Å². The van der Waals surface area contributed by atoms with Crippen molar-refractivity contribution in [3.63, 3.8) is 0 Å². The number of nitrogens with one attached hydrogen (secondary N) is 1. The van der Waals surface area contributed by atoms with Gasteiger partial charge in [-0.1, -0.05) is 11.6 Å². The minimum atomic E-state index is -0.149. The second kappa shape index (κ2) is 6.11. The van der Waals surface area contributed by atoms with Crippen molar-refractivity contribution in [3.8, 4) is 0 Å². The van der Waals surface area contributed by atoms with Gasteiger partial charge in [0.1, 0.15) is 0 Å². The lowest BCUT2D eigenvalue weighted by Crippen LogP contribution is -2.19. The Morgan fingerprint density at radius 1 is 1.14 bits per heavy atom. The quantitative estimate of drug-likeness (QED) is 0.861. The molecule has 21 heavy (non-hydrogen) atoms. The van der Waals surface area contributed by atoms with Crippen molar-refractivity contribution in [2.24, 2.45) is 4.99 Å².